The van der Waals surface area contributed by atoms with Crippen LogP contribution in [0, 0.1) is 6.92 Å². The third kappa shape index (κ3) is 8.38. The average molecular weight is 639 g/mol. The van der Waals surface area contributed by atoms with E-state index in [0.29, 0.717) is 39.2 Å². The molecule has 0 spiro atoms. The Morgan fingerprint density at radius 1 is 0.878 bits per heavy atom. The van der Waals surface area contributed by atoms with Gasteiger partial charge in [0.15, 0.2) is 0 Å². The van der Waals surface area contributed by atoms with Crippen LogP contribution in [0.25, 0.3) is 0 Å². The number of nitrogens with one attached hydrogen (secondary N) is 1. The highest BCUT2D eigenvalue weighted by molar-refractivity contribution is 7.92. The first-order chi connectivity index (χ1) is 19.4. The fourth-order valence-corrected chi connectivity index (χ4v) is 6.03. The smallest absolute Gasteiger partial charge is 0.264 e. The van der Waals surface area contributed by atoms with Crippen molar-refractivity contribution in [2.24, 2.45) is 0 Å². The molecule has 7 nitrogen and oxygen atoms in total. The molecule has 0 saturated heterocycles. The van der Waals surface area contributed by atoms with Gasteiger partial charge in [-0.3, -0.25) is 13.9 Å². The summed E-state index contributed by atoms with van der Waals surface area (Å²) >= 11 is 18.3. The Balaban J connectivity index is 2.07. The first-order valence-electron chi connectivity index (χ1n) is 13.3. The first-order valence-corrected chi connectivity index (χ1v) is 15.8. The van der Waals surface area contributed by atoms with Crippen LogP contribution in [0.1, 0.15) is 44.7 Å². The van der Waals surface area contributed by atoms with Crippen molar-refractivity contribution in [3.8, 4) is 0 Å². The highest BCUT2D eigenvalue weighted by atomic mass is 35.5. The number of aryl methyl sites for hydroxylation is 1. The number of anilines is 1. The molecule has 220 valence electrons. The molecule has 11 heteroatoms. The highest BCUT2D eigenvalue weighted by Crippen LogP contribution is 2.27. The molecule has 0 aromatic heterocycles. The molecule has 3 aromatic carbocycles. The van der Waals surface area contributed by atoms with Crippen molar-refractivity contribution < 1.29 is 18.0 Å². The summed E-state index contributed by atoms with van der Waals surface area (Å²) in [6, 6.07) is 16.6. The number of benzene rings is 3. The van der Waals surface area contributed by atoms with E-state index in [1.807, 2.05) is 20.8 Å². The van der Waals surface area contributed by atoms with Crippen LogP contribution in [0.15, 0.2) is 71.6 Å². The number of halogens is 3. The van der Waals surface area contributed by atoms with Crippen molar-refractivity contribution in [2.75, 3.05) is 10.8 Å². The van der Waals surface area contributed by atoms with Crippen molar-refractivity contribution in [3.05, 3.63) is 92.9 Å². The second-order valence-electron chi connectivity index (χ2n) is 9.81. The van der Waals surface area contributed by atoms with E-state index in [4.69, 9.17) is 34.8 Å². The molecular formula is C30H34Cl3N3O4S. The van der Waals surface area contributed by atoms with Gasteiger partial charge in [0.05, 0.1) is 20.6 Å². The average Bonchev–Trinajstić information content (AvgIpc) is 2.94. The fraction of sp³-hybridized carbons (Fsp3) is 0.333. The molecule has 1 N–H and O–H groups in total. The van der Waals surface area contributed by atoms with Gasteiger partial charge in [0.25, 0.3) is 10.0 Å². The zero-order chi connectivity index (χ0) is 30.3. The summed E-state index contributed by atoms with van der Waals surface area (Å²) < 4.78 is 28.8. The molecule has 0 aliphatic carbocycles. The summed E-state index contributed by atoms with van der Waals surface area (Å²) in [6.45, 7) is 7.00. The Bertz CT molecular complexity index is 1470. The number of hydrogen-bond acceptors (Lipinski definition) is 4. The summed E-state index contributed by atoms with van der Waals surface area (Å²) in [5.41, 5.74) is 1.88. The minimum atomic E-state index is -4.19. The molecule has 0 bridgehead atoms. The number of amides is 2. The van der Waals surface area contributed by atoms with Crippen molar-refractivity contribution in [1.29, 1.82) is 0 Å². The Hall–Kier alpha value is -2.78. The van der Waals surface area contributed by atoms with Gasteiger partial charge in [-0.1, -0.05) is 72.4 Å². The monoisotopic (exact) mass is 637 g/mol. The van der Waals surface area contributed by atoms with E-state index in [9.17, 15) is 18.0 Å². The Morgan fingerprint density at radius 3 is 2.07 bits per heavy atom. The molecule has 0 radical (unpaired) electrons. The molecule has 41 heavy (non-hydrogen) atoms. The van der Waals surface area contributed by atoms with Crippen LogP contribution >= 0.6 is 34.8 Å². The van der Waals surface area contributed by atoms with Crippen LogP contribution < -0.4 is 9.62 Å². The molecule has 0 saturated carbocycles. The Morgan fingerprint density at radius 2 is 1.51 bits per heavy atom. The highest BCUT2D eigenvalue weighted by Gasteiger charge is 2.34. The van der Waals surface area contributed by atoms with Gasteiger partial charge >= 0.3 is 0 Å². The SMILES string of the molecule is CC[C@H](C(=O)N[C@@H](C)CC)N(Cc1ccc(Cl)c(Cl)c1)C(=O)CN(c1ccc(C)cc1)S(=O)(=O)c1ccc(Cl)cc1. The van der Waals surface area contributed by atoms with Crippen LogP contribution in [0.2, 0.25) is 15.1 Å². The van der Waals surface area contributed by atoms with E-state index in [2.05, 4.69) is 5.32 Å². The second-order valence-corrected chi connectivity index (χ2v) is 12.9. The summed E-state index contributed by atoms with van der Waals surface area (Å²) in [6.07, 6.45) is 1.02. The third-order valence-corrected chi connectivity index (χ3v) is 9.51. The van der Waals surface area contributed by atoms with Crippen molar-refractivity contribution in [3.63, 3.8) is 0 Å². The van der Waals surface area contributed by atoms with E-state index in [1.165, 1.54) is 29.2 Å². The Kier molecular flexibility index (Phi) is 11.5. The minimum absolute atomic E-state index is 0.0187. The third-order valence-electron chi connectivity index (χ3n) is 6.73. The lowest BCUT2D eigenvalue weighted by atomic mass is 10.1. The topological polar surface area (TPSA) is 86.8 Å². The lowest BCUT2D eigenvalue weighted by Gasteiger charge is -2.33. The van der Waals surface area contributed by atoms with Crippen LogP contribution in [-0.2, 0) is 26.2 Å². The molecule has 0 aliphatic rings. The van der Waals surface area contributed by atoms with E-state index < -0.39 is 28.5 Å². The maximum absolute atomic E-state index is 14.1. The van der Waals surface area contributed by atoms with Crippen LogP contribution in [0.4, 0.5) is 5.69 Å². The van der Waals surface area contributed by atoms with Gasteiger partial charge in [-0.05, 0) is 80.8 Å². The molecule has 0 aliphatic heterocycles. The first kappa shape index (κ1) is 32.7. The molecule has 3 aromatic rings. The van der Waals surface area contributed by atoms with E-state index >= 15 is 0 Å². The van der Waals surface area contributed by atoms with Crippen LogP contribution in [-0.4, -0.2) is 43.8 Å². The van der Waals surface area contributed by atoms with Crippen LogP contribution in [0.5, 0.6) is 0 Å². The van der Waals surface area contributed by atoms with Gasteiger partial charge in [0.1, 0.15) is 12.6 Å². The van der Waals surface area contributed by atoms with Gasteiger partial charge in [-0.25, -0.2) is 8.42 Å². The van der Waals surface area contributed by atoms with Crippen molar-refractivity contribution in [2.45, 2.75) is 64.1 Å². The fourth-order valence-electron chi connectivity index (χ4n) is 4.17. The van der Waals surface area contributed by atoms with Gasteiger partial charge in [0, 0.05) is 17.6 Å². The van der Waals surface area contributed by atoms with E-state index in [-0.39, 0.29) is 23.4 Å². The lowest BCUT2D eigenvalue weighted by Crippen LogP contribution is -2.53. The molecule has 3 rings (SSSR count). The minimum Gasteiger partial charge on any atom is -0.352 e. The standard InChI is InChI=1S/C30H34Cl3N3O4S/c1-5-21(4)34-30(38)28(6-2)35(18-22-9-16-26(32)27(33)17-22)29(37)19-36(24-12-7-20(3)8-13-24)41(39,40)25-14-10-23(31)11-15-25/h7-17,21,28H,5-6,18-19H2,1-4H3,(H,34,38)/t21-,28+/m0/s1. The maximum Gasteiger partial charge on any atom is 0.264 e. The summed E-state index contributed by atoms with van der Waals surface area (Å²) in [7, 11) is -4.19. The van der Waals surface area contributed by atoms with Crippen molar-refractivity contribution >= 4 is 62.3 Å². The largest absolute Gasteiger partial charge is 0.352 e. The molecule has 0 fully saturated rings. The molecular weight excluding hydrogens is 605 g/mol. The molecule has 2 atom stereocenters. The van der Waals surface area contributed by atoms with E-state index in [0.717, 1.165) is 9.87 Å². The summed E-state index contributed by atoms with van der Waals surface area (Å²) in [5, 5.41) is 3.99. The summed E-state index contributed by atoms with van der Waals surface area (Å²) in [4.78, 5) is 28.8. The Labute approximate surface area is 257 Å². The van der Waals surface area contributed by atoms with Gasteiger partial charge in [-0.2, -0.15) is 0 Å². The summed E-state index contributed by atoms with van der Waals surface area (Å²) in [5.74, 6) is -0.877. The number of hydrogen-bond donors (Lipinski definition) is 1. The number of sulfonamides is 1. The molecule has 0 heterocycles. The molecule has 0 unspecified atom stereocenters. The van der Waals surface area contributed by atoms with Crippen LogP contribution in [0.3, 0.4) is 0 Å². The number of rotatable bonds is 12. The van der Waals surface area contributed by atoms with Gasteiger partial charge in [-0.15, -0.1) is 0 Å². The maximum atomic E-state index is 14.1. The number of carbonyl (C=O) groups excluding carboxylic acids is 2. The predicted octanol–water partition coefficient (Wildman–Crippen LogP) is 6.87. The van der Waals surface area contributed by atoms with E-state index in [1.54, 1.807) is 49.4 Å². The van der Waals surface area contributed by atoms with Crippen molar-refractivity contribution in [1.82, 2.24) is 10.2 Å². The van der Waals surface area contributed by atoms with Gasteiger partial charge in [0.2, 0.25) is 11.8 Å². The predicted molar refractivity (Wildman–Crippen MR) is 166 cm³/mol. The zero-order valence-electron chi connectivity index (χ0n) is 23.4. The molecule has 2 amide bonds. The number of nitrogens with zero attached hydrogens (tertiary/aromatic N) is 2. The zero-order valence-corrected chi connectivity index (χ0v) is 26.5. The number of carbonyl (C=O) groups is 2. The van der Waals surface area contributed by atoms with Gasteiger partial charge < -0.3 is 10.2 Å². The second kappa shape index (κ2) is 14.4. The quantitative estimate of drug-likeness (QED) is 0.235. The lowest BCUT2D eigenvalue weighted by molar-refractivity contribution is -0.140. The normalized spacial score (nSPS) is 12.9.